The molecule has 2 amide bonds. The molecule has 4 fully saturated rings. The zero-order valence-corrected chi connectivity index (χ0v) is 35.1. The van der Waals surface area contributed by atoms with E-state index in [1.165, 1.54) is 0 Å². The van der Waals surface area contributed by atoms with Crippen LogP contribution in [-0.2, 0) is 40.4 Å². The van der Waals surface area contributed by atoms with Crippen molar-refractivity contribution < 1.29 is 41.8 Å². The molecule has 2 saturated heterocycles. The maximum absolute atomic E-state index is 14.8. The minimum absolute atomic E-state index is 0.0882. The maximum Gasteiger partial charge on any atom is 0.306 e. The first kappa shape index (κ1) is 41.2. The number of fused-ring (bicyclic) bond motifs is 4. The molecule has 3 aliphatic heterocycles. The summed E-state index contributed by atoms with van der Waals surface area (Å²) in [6.45, 7) is 2.40. The number of esters is 1. The number of Topliss-reactive ketones (excluding diaryl/α,β-unsaturated/α-hetero) is 1. The summed E-state index contributed by atoms with van der Waals surface area (Å²) < 4.78 is 46.9. The number of nitrogens with zero attached hydrogens (tertiary/aromatic N) is 2. The molecule has 316 valence electrons. The Balaban J connectivity index is 1.18. The number of rotatable bonds is 5. The predicted octanol–water partition coefficient (Wildman–Crippen LogP) is 7.10. The van der Waals surface area contributed by atoms with Crippen molar-refractivity contribution in [2.24, 2.45) is 23.2 Å². The van der Waals surface area contributed by atoms with Gasteiger partial charge in [0.15, 0.2) is 5.78 Å². The van der Waals surface area contributed by atoms with E-state index in [2.05, 4.69) is 17.7 Å². The third kappa shape index (κ3) is 9.15. The monoisotopic (exact) mass is 827 g/mol. The summed E-state index contributed by atoms with van der Waals surface area (Å²) >= 11 is 0. The van der Waals surface area contributed by atoms with Gasteiger partial charge in [-0.15, -0.1) is 0 Å². The van der Waals surface area contributed by atoms with Crippen LogP contribution in [0.5, 0.6) is 11.5 Å². The van der Waals surface area contributed by atoms with E-state index in [9.17, 15) is 27.6 Å². The molecule has 2 saturated carbocycles. The second-order valence-corrected chi connectivity index (χ2v) is 19.8. The zero-order chi connectivity index (χ0) is 41.3. The number of nitrogens with one attached hydrogen (secondary N) is 1. The molecule has 2 aliphatic carbocycles. The molecule has 0 radical (unpaired) electrons. The van der Waals surface area contributed by atoms with E-state index in [0.717, 1.165) is 74.3 Å². The number of benzene rings is 2. The Morgan fingerprint density at radius 1 is 0.949 bits per heavy atom. The highest BCUT2D eigenvalue weighted by Crippen LogP contribution is 2.59. The van der Waals surface area contributed by atoms with Gasteiger partial charge < -0.3 is 19.1 Å². The Bertz CT molecular complexity index is 2190. The number of pyridine rings is 1. The fraction of sp³-hybridized carbons (Fsp3) is 0.587. The van der Waals surface area contributed by atoms with E-state index in [1.807, 2.05) is 42.5 Å². The topological polar surface area (TPSA) is 158 Å². The number of carbonyl (C=O) groups is 4. The van der Waals surface area contributed by atoms with Crippen LogP contribution in [0.1, 0.15) is 109 Å². The summed E-state index contributed by atoms with van der Waals surface area (Å²) in [6, 6.07) is 14.8. The van der Waals surface area contributed by atoms with Gasteiger partial charge in [-0.2, -0.15) is 0 Å². The Hall–Kier alpha value is -4.52. The maximum atomic E-state index is 14.8. The van der Waals surface area contributed by atoms with Gasteiger partial charge in [0.1, 0.15) is 17.6 Å². The number of sulfonamides is 1. The average molecular weight is 828 g/mol. The standard InChI is InChI=1S/C46H57N3O9S/c1-29-12-11-16-31-20-36-38(24-41(31)56-2)47-37(30-13-8-6-9-14-30)23-42(36)58-34-22-39-40(50)26-46(45(53)48-59(54,55)35-18-19-35)25-33(46)17-10-5-3-4-7-15-32(21-43(51)57-28-29)44(52)49(39)27-34/h6,8-9,13-14,20,23-24,29,32-35,39H,3-5,7,10-12,15-19,21-22,25-28H2,1-2H3,(H,48,53)/t29-,32-,33+,34-,39+,46-/m1/s1. The van der Waals surface area contributed by atoms with Gasteiger partial charge >= 0.3 is 5.97 Å². The molecule has 2 aromatic carbocycles. The third-order valence-electron chi connectivity index (χ3n) is 13.4. The van der Waals surface area contributed by atoms with Gasteiger partial charge in [-0.25, -0.2) is 13.4 Å². The number of cyclic esters (lactones) is 1. The molecule has 1 aromatic heterocycles. The van der Waals surface area contributed by atoms with E-state index in [1.54, 1.807) is 12.0 Å². The SMILES string of the molecule is COc1cc2nc(-c3ccccc3)cc3c2cc1CCC[C@@H](C)COC(=O)C[C@H]1CCCCCCC[C@H]2C[C@@]2(C(=O)NS(=O)(=O)C2CC2)CC(=O)[C@@H]2C[C@H](CN2C1=O)O3. The lowest BCUT2D eigenvalue weighted by Gasteiger charge is -2.29. The first-order valence-electron chi connectivity index (χ1n) is 21.7. The molecular formula is C46H57N3O9S. The van der Waals surface area contributed by atoms with E-state index in [4.69, 9.17) is 19.2 Å². The van der Waals surface area contributed by atoms with E-state index >= 15 is 0 Å². The normalized spacial score (nSPS) is 28.7. The summed E-state index contributed by atoms with van der Waals surface area (Å²) in [6.07, 6.45) is 8.71. The van der Waals surface area contributed by atoms with Crippen LogP contribution in [-0.4, -0.2) is 79.5 Å². The number of carbonyl (C=O) groups excluding carboxylic acids is 4. The highest BCUT2D eigenvalue weighted by molar-refractivity contribution is 7.90. The van der Waals surface area contributed by atoms with Gasteiger partial charge in [0.05, 0.1) is 54.6 Å². The summed E-state index contributed by atoms with van der Waals surface area (Å²) in [5.41, 5.74) is 2.12. The molecule has 59 heavy (non-hydrogen) atoms. The summed E-state index contributed by atoms with van der Waals surface area (Å²) in [4.78, 5) is 63.6. The van der Waals surface area contributed by atoms with Gasteiger partial charge in [0.2, 0.25) is 21.8 Å². The number of ether oxygens (including phenoxy) is 3. The molecule has 12 nitrogen and oxygen atoms in total. The lowest BCUT2D eigenvalue weighted by atomic mass is 9.90. The Morgan fingerprint density at radius 3 is 2.47 bits per heavy atom. The van der Waals surface area contributed by atoms with Crippen LogP contribution in [0.25, 0.3) is 22.2 Å². The number of hydrogen-bond acceptors (Lipinski definition) is 10. The highest BCUT2D eigenvalue weighted by Gasteiger charge is 2.62. The summed E-state index contributed by atoms with van der Waals surface area (Å²) in [7, 11) is -2.18. The fourth-order valence-electron chi connectivity index (χ4n) is 9.65. The van der Waals surface area contributed by atoms with Gasteiger partial charge in [0.25, 0.3) is 0 Å². The van der Waals surface area contributed by atoms with E-state index in [0.29, 0.717) is 48.4 Å². The third-order valence-corrected chi connectivity index (χ3v) is 15.2. The van der Waals surface area contributed by atoms with Crippen molar-refractivity contribution >= 4 is 44.5 Å². The van der Waals surface area contributed by atoms with Crippen molar-refractivity contribution in [2.75, 3.05) is 20.3 Å². The zero-order valence-electron chi connectivity index (χ0n) is 34.3. The lowest BCUT2D eigenvalue weighted by molar-refractivity contribution is -0.151. The van der Waals surface area contributed by atoms with Gasteiger partial charge in [-0.3, -0.25) is 23.9 Å². The number of methoxy groups -OCH3 is 1. The summed E-state index contributed by atoms with van der Waals surface area (Å²) in [5.74, 6) is -1.06. The average Bonchev–Trinajstić information content (AvgIpc) is 4.15. The van der Waals surface area contributed by atoms with Crippen LogP contribution in [0, 0.1) is 23.2 Å². The van der Waals surface area contributed by atoms with E-state index < -0.39 is 50.6 Å². The van der Waals surface area contributed by atoms with Crippen LogP contribution >= 0.6 is 0 Å². The number of aromatic nitrogens is 1. The van der Waals surface area contributed by atoms with Crippen LogP contribution in [0.4, 0.5) is 0 Å². The van der Waals surface area contributed by atoms with E-state index in [-0.39, 0.29) is 55.9 Å². The van der Waals surface area contributed by atoms with Gasteiger partial charge in [0, 0.05) is 41.8 Å². The molecular weight excluding hydrogens is 771 g/mol. The smallest absolute Gasteiger partial charge is 0.306 e. The molecule has 0 unspecified atom stereocenters. The van der Waals surface area contributed by atoms with Crippen LogP contribution < -0.4 is 14.2 Å². The number of aryl methyl sites for hydroxylation is 1. The van der Waals surface area contributed by atoms with Crippen LogP contribution in [0.15, 0.2) is 48.5 Å². The van der Waals surface area contributed by atoms with Crippen molar-refractivity contribution in [3.63, 3.8) is 0 Å². The minimum Gasteiger partial charge on any atom is -0.496 e. The molecule has 6 atom stereocenters. The molecule has 4 heterocycles. The highest BCUT2D eigenvalue weighted by atomic mass is 32.2. The molecule has 5 aliphatic rings. The lowest BCUT2D eigenvalue weighted by Crippen LogP contribution is -2.46. The molecule has 8 rings (SSSR count). The first-order chi connectivity index (χ1) is 28.4. The van der Waals surface area contributed by atoms with Crippen LogP contribution in [0.2, 0.25) is 0 Å². The van der Waals surface area contributed by atoms with Crippen molar-refractivity contribution in [1.82, 2.24) is 14.6 Å². The van der Waals surface area contributed by atoms with Gasteiger partial charge in [-0.1, -0.05) is 69.4 Å². The molecule has 1 N–H and O–H groups in total. The van der Waals surface area contributed by atoms with Crippen molar-refractivity contribution in [3.05, 3.63) is 54.1 Å². The minimum atomic E-state index is -3.83. The first-order valence-corrected chi connectivity index (χ1v) is 23.3. The number of amides is 2. The Kier molecular flexibility index (Phi) is 12.0. The second-order valence-electron chi connectivity index (χ2n) is 17.8. The van der Waals surface area contributed by atoms with Crippen molar-refractivity contribution in [2.45, 2.75) is 127 Å². The van der Waals surface area contributed by atoms with Crippen LogP contribution in [0.3, 0.4) is 0 Å². The Morgan fingerprint density at radius 2 is 1.71 bits per heavy atom. The molecule has 13 heteroatoms. The fourth-order valence-corrected chi connectivity index (χ4v) is 11.0. The quantitative estimate of drug-likeness (QED) is 0.263. The van der Waals surface area contributed by atoms with Gasteiger partial charge in [-0.05, 0) is 74.8 Å². The second kappa shape index (κ2) is 17.2. The molecule has 5 bridgehead atoms. The molecule has 0 spiro atoms. The molecule has 3 aromatic rings. The predicted molar refractivity (Wildman–Crippen MR) is 222 cm³/mol. The van der Waals surface area contributed by atoms with Crippen molar-refractivity contribution in [1.29, 1.82) is 0 Å². The number of ketones is 1. The number of hydrogen-bond donors (Lipinski definition) is 1. The Labute approximate surface area is 347 Å². The van der Waals surface area contributed by atoms with Crippen molar-refractivity contribution in [3.8, 4) is 22.8 Å². The largest absolute Gasteiger partial charge is 0.496 e. The summed E-state index contributed by atoms with van der Waals surface area (Å²) in [5, 5.41) is 0.213.